The van der Waals surface area contributed by atoms with Gasteiger partial charge in [0.15, 0.2) is 5.13 Å². The highest BCUT2D eigenvalue weighted by Crippen LogP contribution is 2.30. The van der Waals surface area contributed by atoms with E-state index in [1.165, 1.54) is 29.2 Å². The number of hydrogen-bond donors (Lipinski definition) is 3. The zero-order valence-corrected chi connectivity index (χ0v) is 26.9. The second-order valence-corrected chi connectivity index (χ2v) is 12.3. The van der Waals surface area contributed by atoms with E-state index in [2.05, 4.69) is 20.9 Å². The first-order chi connectivity index (χ1) is 21.8. The second-order valence-electron chi connectivity index (χ2n) is 9.42. The maximum Gasteiger partial charge on any atom is 0.272 e. The number of carbonyl (C=O) groups excluding carboxylic acids is 3. The van der Waals surface area contributed by atoms with Gasteiger partial charge in [-0.05, 0) is 73.2 Å². The van der Waals surface area contributed by atoms with Crippen LogP contribution in [0.3, 0.4) is 0 Å². The summed E-state index contributed by atoms with van der Waals surface area (Å²) in [5, 5.41) is 9.41. The summed E-state index contributed by atoms with van der Waals surface area (Å²) in [6.07, 6.45) is 1.47. The number of rotatable bonds is 11. The van der Waals surface area contributed by atoms with Crippen LogP contribution in [0.5, 0.6) is 5.75 Å². The zero-order chi connectivity index (χ0) is 31.8. The Morgan fingerprint density at radius 3 is 2.53 bits per heavy atom. The molecule has 0 spiro atoms. The molecule has 5 rings (SSSR count). The zero-order valence-electron chi connectivity index (χ0n) is 23.8. The lowest BCUT2D eigenvalue weighted by Gasteiger charge is -2.13. The molecule has 228 valence electrons. The van der Waals surface area contributed by atoms with Gasteiger partial charge in [-0.25, -0.2) is 4.98 Å². The number of halogens is 2. The van der Waals surface area contributed by atoms with Crippen LogP contribution in [-0.2, 0) is 9.59 Å². The van der Waals surface area contributed by atoms with Crippen LogP contribution < -0.4 is 20.7 Å². The molecule has 12 heteroatoms. The third kappa shape index (κ3) is 8.64. The summed E-state index contributed by atoms with van der Waals surface area (Å²) < 4.78 is 6.45. The molecule has 0 aliphatic rings. The van der Waals surface area contributed by atoms with Crippen molar-refractivity contribution in [1.29, 1.82) is 0 Å². The lowest BCUT2D eigenvalue weighted by atomic mass is 10.1. The normalized spacial score (nSPS) is 11.2. The number of aromatic nitrogens is 1. The van der Waals surface area contributed by atoms with Crippen LogP contribution in [0.15, 0.2) is 102 Å². The third-order valence-electron chi connectivity index (χ3n) is 6.19. The summed E-state index contributed by atoms with van der Waals surface area (Å²) in [5.74, 6) is -0.371. The molecule has 3 amide bonds. The quantitative estimate of drug-likeness (QED) is 0.0962. The lowest BCUT2D eigenvalue weighted by Crippen LogP contribution is -2.30. The summed E-state index contributed by atoms with van der Waals surface area (Å²) in [6, 6.07) is 26.2. The van der Waals surface area contributed by atoms with Gasteiger partial charge in [0.25, 0.3) is 11.8 Å². The first-order valence-electron chi connectivity index (χ1n) is 13.7. The largest absolute Gasteiger partial charge is 0.494 e. The Hall–Kier alpha value is -4.35. The first-order valence-corrected chi connectivity index (χ1v) is 16.2. The van der Waals surface area contributed by atoms with Crippen molar-refractivity contribution in [2.45, 2.75) is 11.8 Å². The van der Waals surface area contributed by atoms with E-state index >= 15 is 0 Å². The van der Waals surface area contributed by atoms with Crippen LogP contribution in [0.2, 0.25) is 10.0 Å². The molecular weight excluding hydrogens is 651 g/mol. The summed E-state index contributed by atoms with van der Waals surface area (Å²) in [4.78, 5) is 44.3. The van der Waals surface area contributed by atoms with Gasteiger partial charge in [0.1, 0.15) is 11.4 Å². The second kappa shape index (κ2) is 15.1. The van der Waals surface area contributed by atoms with Crippen molar-refractivity contribution >= 4 is 91.1 Å². The highest BCUT2D eigenvalue weighted by molar-refractivity contribution is 8.00. The minimum absolute atomic E-state index is 0.0327. The van der Waals surface area contributed by atoms with Gasteiger partial charge in [-0.3, -0.25) is 14.4 Å². The monoisotopic (exact) mass is 676 g/mol. The van der Waals surface area contributed by atoms with Crippen LogP contribution in [0.4, 0.5) is 10.8 Å². The predicted molar refractivity (Wildman–Crippen MR) is 184 cm³/mol. The minimum atomic E-state index is -0.571. The third-order valence-corrected chi connectivity index (χ3v) is 8.95. The van der Waals surface area contributed by atoms with Crippen molar-refractivity contribution < 1.29 is 19.1 Å². The number of amides is 3. The van der Waals surface area contributed by atoms with Crippen molar-refractivity contribution in [3.05, 3.63) is 118 Å². The van der Waals surface area contributed by atoms with E-state index in [0.717, 1.165) is 20.9 Å². The number of nitrogens with one attached hydrogen (secondary N) is 3. The molecule has 0 fully saturated rings. The van der Waals surface area contributed by atoms with Crippen LogP contribution in [0, 0.1) is 0 Å². The van der Waals surface area contributed by atoms with E-state index in [9.17, 15) is 14.4 Å². The Kier molecular flexibility index (Phi) is 10.7. The number of ether oxygens (including phenoxy) is 1. The highest BCUT2D eigenvalue weighted by atomic mass is 35.5. The standard InChI is InChI=1S/C33H26Cl2N4O4S2/c1-2-43-23-14-15-26-28(18-23)45-33(38-26)39-29(40)19-44-24-12-7-11-22(17-24)36-32(42)27(16-21-10-6-13-25(34)30(21)35)37-31(41)20-8-4-3-5-9-20/h3-18H,2,19H2,1H3,(H,36,42)(H,37,41)(H,38,39,40)/b27-16+. The predicted octanol–water partition coefficient (Wildman–Crippen LogP) is 8.14. The van der Waals surface area contributed by atoms with Gasteiger partial charge in [0.2, 0.25) is 5.91 Å². The average molecular weight is 678 g/mol. The molecule has 0 aliphatic heterocycles. The summed E-state index contributed by atoms with van der Waals surface area (Å²) in [6.45, 7) is 2.49. The Morgan fingerprint density at radius 1 is 0.933 bits per heavy atom. The van der Waals surface area contributed by atoms with E-state index in [4.69, 9.17) is 27.9 Å². The number of fused-ring (bicyclic) bond motifs is 1. The molecule has 1 heterocycles. The van der Waals surface area contributed by atoms with Crippen molar-refractivity contribution in [1.82, 2.24) is 10.3 Å². The number of hydrogen-bond acceptors (Lipinski definition) is 7. The van der Waals surface area contributed by atoms with E-state index in [1.807, 2.05) is 31.2 Å². The molecule has 3 N–H and O–H groups in total. The van der Waals surface area contributed by atoms with E-state index in [0.29, 0.717) is 33.6 Å². The molecule has 1 aromatic heterocycles. The summed E-state index contributed by atoms with van der Waals surface area (Å²) in [5.41, 5.74) is 2.06. The summed E-state index contributed by atoms with van der Waals surface area (Å²) >= 11 is 15.2. The minimum Gasteiger partial charge on any atom is -0.494 e. The van der Waals surface area contributed by atoms with E-state index < -0.39 is 11.8 Å². The van der Waals surface area contributed by atoms with Gasteiger partial charge in [-0.15, -0.1) is 11.8 Å². The topological polar surface area (TPSA) is 109 Å². The molecule has 0 saturated heterocycles. The Balaban J connectivity index is 1.25. The fourth-order valence-electron chi connectivity index (χ4n) is 4.11. The van der Waals surface area contributed by atoms with Gasteiger partial charge in [-0.1, -0.05) is 70.9 Å². The van der Waals surface area contributed by atoms with Crippen molar-refractivity contribution in [3.63, 3.8) is 0 Å². The molecular formula is C33H26Cl2N4O4S2. The first kappa shape index (κ1) is 32.1. The molecule has 8 nitrogen and oxygen atoms in total. The maximum atomic E-state index is 13.4. The SMILES string of the molecule is CCOc1ccc2nc(NC(=O)CSc3cccc(NC(=O)/C(=C\c4cccc(Cl)c4Cl)NC(=O)c4ccccc4)c3)sc2c1. The van der Waals surface area contributed by atoms with Gasteiger partial charge >= 0.3 is 0 Å². The van der Waals surface area contributed by atoms with Gasteiger partial charge < -0.3 is 20.7 Å². The van der Waals surface area contributed by atoms with E-state index in [1.54, 1.807) is 66.7 Å². The summed E-state index contributed by atoms with van der Waals surface area (Å²) in [7, 11) is 0. The number of carbonyl (C=O) groups is 3. The molecule has 45 heavy (non-hydrogen) atoms. The number of thiazole rings is 1. The van der Waals surface area contributed by atoms with Crippen LogP contribution in [0.25, 0.3) is 16.3 Å². The number of nitrogens with zero attached hydrogens (tertiary/aromatic N) is 1. The average Bonchev–Trinajstić information content (AvgIpc) is 3.44. The van der Waals surface area contributed by atoms with Gasteiger partial charge in [-0.2, -0.15) is 0 Å². The Bertz CT molecular complexity index is 1900. The molecule has 0 aliphatic carbocycles. The Morgan fingerprint density at radius 2 is 1.73 bits per heavy atom. The molecule has 0 bridgehead atoms. The van der Waals surface area contributed by atoms with Crippen molar-refractivity contribution in [3.8, 4) is 5.75 Å². The molecule has 0 saturated carbocycles. The van der Waals surface area contributed by atoms with E-state index in [-0.39, 0.29) is 22.4 Å². The fraction of sp³-hybridized carbons (Fsp3) is 0.0909. The molecule has 4 aromatic carbocycles. The van der Waals surface area contributed by atoms with Crippen LogP contribution in [0.1, 0.15) is 22.8 Å². The van der Waals surface area contributed by atoms with Crippen LogP contribution in [-0.4, -0.2) is 35.1 Å². The van der Waals surface area contributed by atoms with Crippen molar-refractivity contribution in [2.24, 2.45) is 0 Å². The fourth-order valence-corrected chi connectivity index (χ4v) is 6.14. The number of benzene rings is 4. The number of anilines is 2. The molecule has 0 unspecified atom stereocenters. The Labute approximate surface area is 277 Å². The maximum absolute atomic E-state index is 13.4. The van der Waals surface area contributed by atoms with Gasteiger partial charge in [0.05, 0.1) is 32.6 Å². The number of thioether (sulfide) groups is 1. The molecule has 0 radical (unpaired) electrons. The van der Waals surface area contributed by atoms with Gasteiger partial charge in [0, 0.05) is 16.1 Å². The molecule has 0 atom stereocenters. The molecule has 5 aromatic rings. The van der Waals surface area contributed by atoms with Crippen molar-refractivity contribution in [2.75, 3.05) is 23.0 Å². The highest BCUT2D eigenvalue weighted by Gasteiger charge is 2.17. The van der Waals surface area contributed by atoms with Crippen LogP contribution >= 0.6 is 46.3 Å². The smallest absolute Gasteiger partial charge is 0.272 e. The lowest BCUT2D eigenvalue weighted by molar-refractivity contribution is -0.114.